The van der Waals surface area contributed by atoms with Gasteiger partial charge in [-0.3, -0.25) is 0 Å². The summed E-state index contributed by atoms with van der Waals surface area (Å²) in [5.41, 5.74) is 1.37. The van der Waals surface area contributed by atoms with Crippen LogP contribution in [0.3, 0.4) is 0 Å². The van der Waals surface area contributed by atoms with Crippen molar-refractivity contribution in [3.8, 4) is 0 Å². The first-order valence-corrected chi connectivity index (χ1v) is 7.43. The Labute approximate surface area is 113 Å². The van der Waals surface area contributed by atoms with Gasteiger partial charge in [0.15, 0.2) is 0 Å². The van der Waals surface area contributed by atoms with Crippen molar-refractivity contribution in [1.82, 2.24) is 5.32 Å². The lowest BCUT2D eigenvalue weighted by molar-refractivity contribution is 0.440. The van der Waals surface area contributed by atoms with Gasteiger partial charge < -0.3 is 5.32 Å². The maximum Gasteiger partial charge on any atom is 0.0292 e. The average molecular weight is 296 g/mol. The van der Waals surface area contributed by atoms with E-state index in [1.807, 2.05) is 0 Å². The molecule has 1 fully saturated rings. The Morgan fingerprint density at radius 1 is 1.41 bits per heavy atom. The van der Waals surface area contributed by atoms with Gasteiger partial charge in [0.25, 0.3) is 0 Å². The molecule has 0 heterocycles. The van der Waals surface area contributed by atoms with Crippen LogP contribution in [0.2, 0.25) is 0 Å². The molecule has 3 unspecified atom stereocenters. The summed E-state index contributed by atoms with van der Waals surface area (Å²) in [5.74, 6) is 1.82. The van der Waals surface area contributed by atoms with Gasteiger partial charge in [-0.25, -0.2) is 0 Å². The molecule has 1 aromatic rings. The summed E-state index contributed by atoms with van der Waals surface area (Å²) in [6.45, 7) is 5.79. The standard InChI is InChI=1S/C15H22BrN/c1-11-6-7-13(8-11)10-17-12(2)14-4-3-5-15(16)9-14/h3-5,9,11-13,17H,6-8,10H2,1-2H3. The Bertz CT molecular complexity index is 364. The van der Waals surface area contributed by atoms with Crippen LogP contribution in [0.25, 0.3) is 0 Å². The highest BCUT2D eigenvalue weighted by atomic mass is 79.9. The van der Waals surface area contributed by atoms with Crippen LogP contribution in [0, 0.1) is 11.8 Å². The molecule has 2 rings (SSSR count). The molecule has 0 radical (unpaired) electrons. The van der Waals surface area contributed by atoms with Crippen LogP contribution in [0.15, 0.2) is 28.7 Å². The average Bonchev–Trinajstić information content (AvgIpc) is 2.72. The number of nitrogens with one attached hydrogen (secondary N) is 1. The Balaban J connectivity index is 1.83. The summed E-state index contributed by atoms with van der Waals surface area (Å²) in [5, 5.41) is 3.67. The molecule has 1 saturated carbocycles. The largest absolute Gasteiger partial charge is 0.310 e. The van der Waals surface area contributed by atoms with Gasteiger partial charge in [0.2, 0.25) is 0 Å². The first-order valence-electron chi connectivity index (χ1n) is 6.64. The molecule has 94 valence electrons. The summed E-state index contributed by atoms with van der Waals surface area (Å²) in [7, 11) is 0. The van der Waals surface area contributed by atoms with E-state index < -0.39 is 0 Å². The number of benzene rings is 1. The second-order valence-electron chi connectivity index (χ2n) is 5.47. The van der Waals surface area contributed by atoms with Crippen molar-refractivity contribution in [2.75, 3.05) is 6.54 Å². The van der Waals surface area contributed by atoms with Gasteiger partial charge in [-0.2, -0.15) is 0 Å². The zero-order chi connectivity index (χ0) is 12.3. The summed E-state index contributed by atoms with van der Waals surface area (Å²) < 4.78 is 1.16. The maximum absolute atomic E-state index is 3.67. The van der Waals surface area contributed by atoms with E-state index >= 15 is 0 Å². The molecule has 1 aliphatic rings. The Morgan fingerprint density at radius 3 is 2.88 bits per heavy atom. The fourth-order valence-corrected chi connectivity index (χ4v) is 3.16. The molecule has 17 heavy (non-hydrogen) atoms. The van der Waals surface area contributed by atoms with E-state index in [0.717, 1.165) is 22.9 Å². The van der Waals surface area contributed by atoms with Crippen molar-refractivity contribution < 1.29 is 0 Å². The predicted octanol–water partition coefficient (Wildman–Crippen LogP) is 4.54. The second kappa shape index (κ2) is 6.01. The number of rotatable bonds is 4. The smallest absolute Gasteiger partial charge is 0.0292 e. The summed E-state index contributed by atoms with van der Waals surface area (Å²) in [6, 6.07) is 9.03. The van der Waals surface area contributed by atoms with E-state index in [-0.39, 0.29) is 0 Å². The molecule has 1 aromatic carbocycles. The van der Waals surface area contributed by atoms with Crippen molar-refractivity contribution in [3.63, 3.8) is 0 Å². The van der Waals surface area contributed by atoms with E-state index in [1.54, 1.807) is 0 Å². The summed E-state index contributed by atoms with van der Waals surface area (Å²) in [6.07, 6.45) is 4.22. The lowest BCUT2D eigenvalue weighted by Gasteiger charge is -2.18. The van der Waals surface area contributed by atoms with Crippen LogP contribution in [0.5, 0.6) is 0 Å². The van der Waals surface area contributed by atoms with Gasteiger partial charge in [-0.1, -0.05) is 41.4 Å². The number of hydrogen-bond acceptors (Lipinski definition) is 1. The minimum atomic E-state index is 0.448. The highest BCUT2D eigenvalue weighted by molar-refractivity contribution is 9.10. The first-order chi connectivity index (χ1) is 8.15. The normalized spacial score (nSPS) is 26.1. The molecule has 0 aromatic heterocycles. The molecule has 0 aliphatic heterocycles. The number of hydrogen-bond donors (Lipinski definition) is 1. The lowest BCUT2D eigenvalue weighted by atomic mass is 10.0. The molecule has 0 saturated heterocycles. The Kier molecular flexibility index (Phi) is 4.63. The van der Waals surface area contributed by atoms with Crippen LogP contribution in [0.4, 0.5) is 0 Å². The van der Waals surface area contributed by atoms with Crippen LogP contribution >= 0.6 is 15.9 Å². The van der Waals surface area contributed by atoms with Crippen LogP contribution < -0.4 is 5.32 Å². The monoisotopic (exact) mass is 295 g/mol. The van der Waals surface area contributed by atoms with Gasteiger partial charge in [-0.05, 0) is 55.8 Å². The molecule has 1 N–H and O–H groups in total. The Hall–Kier alpha value is -0.340. The Morgan fingerprint density at radius 2 is 2.24 bits per heavy atom. The molecule has 0 spiro atoms. The zero-order valence-corrected chi connectivity index (χ0v) is 12.3. The van der Waals surface area contributed by atoms with Crippen molar-refractivity contribution in [2.45, 2.75) is 39.2 Å². The highest BCUT2D eigenvalue weighted by Crippen LogP contribution is 2.30. The third kappa shape index (κ3) is 3.82. The van der Waals surface area contributed by atoms with Gasteiger partial charge in [0.05, 0.1) is 0 Å². The van der Waals surface area contributed by atoms with Crippen LogP contribution in [0.1, 0.15) is 44.7 Å². The first kappa shape index (κ1) is 13.1. The highest BCUT2D eigenvalue weighted by Gasteiger charge is 2.21. The quantitative estimate of drug-likeness (QED) is 0.860. The van der Waals surface area contributed by atoms with E-state index in [4.69, 9.17) is 0 Å². The molecule has 1 aliphatic carbocycles. The summed E-state index contributed by atoms with van der Waals surface area (Å²) in [4.78, 5) is 0. The van der Waals surface area contributed by atoms with Crippen molar-refractivity contribution in [3.05, 3.63) is 34.3 Å². The fraction of sp³-hybridized carbons (Fsp3) is 0.600. The van der Waals surface area contributed by atoms with E-state index in [1.165, 1.54) is 24.8 Å². The third-order valence-electron chi connectivity index (χ3n) is 3.86. The number of halogens is 1. The predicted molar refractivity (Wildman–Crippen MR) is 77.1 cm³/mol. The van der Waals surface area contributed by atoms with Crippen molar-refractivity contribution >= 4 is 15.9 Å². The van der Waals surface area contributed by atoms with Gasteiger partial charge in [0, 0.05) is 10.5 Å². The zero-order valence-electron chi connectivity index (χ0n) is 10.7. The van der Waals surface area contributed by atoms with E-state index in [0.29, 0.717) is 6.04 Å². The molecule has 3 atom stereocenters. The van der Waals surface area contributed by atoms with E-state index in [9.17, 15) is 0 Å². The lowest BCUT2D eigenvalue weighted by Crippen LogP contribution is -2.24. The third-order valence-corrected chi connectivity index (χ3v) is 4.36. The topological polar surface area (TPSA) is 12.0 Å². The maximum atomic E-state index is 3.67. The van der Waals surface area contributed by atoms with Crippen molar-refractivity contribution in [1.29, 1.82) is 0 Å². The minimum absolute atomic E-state index is 0.448. The van der Waals surface area contributed by atoms with Crippen LogP contribution in [-0.2, 0) is 0 Å². The molecule has 1 nitrogen and oxygen atoms in total. The molecule has 2 heteroatoms. The van der Waals surface area contributed by atoms with Crippen LogP contribution in [-0.4, -0.2) is 6.54 Å². The van der Waals surface area contributed by atoms with Crippen molar-refractivity contribution in [2.24, 2.45) is 11.8 Å². The van der Waals surface area contributed by atoms with Gasteiger partial charge in [-0.15, -0.1) is 0 Å². The fourth-order valence-electron chi connectivity index (χ4n) is 2.75. The summed E-state index contributed by atoms with van der Waals surface area (Å²) >= 11 is 3.53. The van der Waals surface area contributed by atoms with E-state index in [2.05, 4.69) is 59.4 Å². The molecular weight excluding hydrogens is 274 g/mol. The minimum Gasteiger partial charge on any atom is -0.310 e. The SMILES string of the molecule is CC1CCC(CNC(C)c2cccc(Br)c2)C1. The second-order valence-corrected chi connectivity index (χ2v) is 6.38. The molecular formula is C15H22BrN. The molecule has 0 amide bonds. The molecule has 0 bridgehead atoms. The van der Waals surface area contributed by atoms with Gasteiger partial charge in [0.1, 0.15) is 0 Å². The van der Waals surface area contributed by atoms with Gasteiger partial charge >= 0.3 is 0 Å².